The highest BCUT2D eigenvalue weighted by Gasteiger charge is 2.17. The number of carbonyl (C=O) groups is 1. The number of hydrogen-bond donors (Lipinski definition) is 1. The maximum Gasteiger partial charge on any atom is 0.256 e. The smallest absolute Gasteiger partial charge is 0.256 e. The molecule has 0 fully saturated rings. The summed E-state index contributed by atoms with van der Waals surface area (Å²) >= 11 is 0. The van der Waals surface area contributed by atoms with Crippen LogP contribution in [0.25, 0.3) is 11.3 Å². The van der Waals surface area contributed by atoms with Crippen LogP contribution in [-0.2, 0) is 0 Å². The second kappa shape index (κ2) is 6.32. The summed E-state index contributed by atoms with van der Waals surface area (Å²) in [5, 5.41) is 6.48. The zero-order chi connectivity index (χ0) is 14.5. The van der Waals surface area contributed by atoms with E-state index in [9.17, 15) is 9.18 Å². The van der Waals surface area contributed by atoms with E-state index in [1.165, 1.54) is 18.3 Å². The Morgan fingerprint density at radius 1 is 1.35 bits per heavy atom. The van der Waals surface area contributed by atoms with Crippen molar-refractivity contribution in [3.05, 3.63) is 41.8 Å². The molecule has 5 heteroatoms. The third kappa shape index (κ3) is 3.44. The highest BCUT2D eigenvalue weighted by atomic mass is 19.1. The van der Waals surface area contributed by atoms with Crippen molar-refractivity contribution in [2.75, 3.05) is 6.54 Å². The van der Waals surface area contributed by atoms with Gasteiger partial charge in [0.05, 0.1) is 6.20 Å². The van der Waals surface area contributed by atoms with Crippen LogP contribution in [0.2, 0.25) is 0 Å². The average Bonchev–Trinajstić information content (AvgIpc) is 2.88. The highest BCUT2D eigenvalue weighted by Crippen LogP contribution is 2.23. The van der Waals surface area contributed by atoms with Crippen molar-refractivity contribution in [3.63, 3.8) is 0 Å². The predicted molar refractivity (Wildman–Crippen MR) is 73.7 cm³/mol. The molecular formula is C15H17FN2O2. The molecule has 0 aliphatic carbocycles. The van der Waals surface area contributed by atoms with Crippen molar-refractivity contribution >= 4 is 5.91 Å². The van der Waals surface area contributed by atoms with Gasteiger partial charge in [-0.15, -0.1) is 0 Å². The predicted octanol–water partition coefficient (Wildman–Crippen LogP) is 3.26. The summed E-state index contributed by atoms with van der Waals surface area (Å²) in [6, 6.07) is 5.75. The Bertz CT molecular complexity index is 576. The van der Waals surface area contributed by atoms with Crippen LogP contribution < -0.4 is 5.32 Å². The second-order valence-electron chi connectivity index (χ2n) is 5.01. The number of rotatable bonds is 5. The van der Waals surface area contributed by atoms with Gasteiger partial charge in [-0.1, -0.05) is 19.0 Å². The molecule has 0 unspecified atom stereocenters. The minimum Gasteiger partial charge on any atom is -0.355 e. The van der Waals surface area contributed by atoms with E-state index in [0.29, 0.717) is 29.3 Å². The van der Waals surface area contributed by atoms with Crippen LogP contribution in [0.3, 0.4) is 0 Å². The van der Waals surface area contributed by atoms with Crippen LogP contribution in [0.1, 0.15) is 30.6 Å². The molecule has 0 bridgehead atoms. The Balaban J connectivity index is 2.12. The van der Waals surface area contributed by atoms with E-state index in [2.05, 4.69) is 24.3 Å². The normalized spacial score (nSPS) is 10.8. The molecule has 0 saturated carbocycles. The summed E-state index contributed by atoms with van der Waals surface area (Å²) in [6.45, 7) is 4.79. The standard InChI is InChI=1S/C15H17FN2O2/c1-10(2)7-8-17-15(19)13-9-18-20-14(13)11-3-5-12(16)6-4-11/h3-6,9-10H,7-8H2,1-2H3,(H,17,19). The Morgan fingerprint density at radius 2 is 2.05 bits per heavy atom. The molecule has 0 radical (unpaired) electrons. The minimum atomic E-state index is -0.337. The van der Waals surface area contributed by atoms with Gasteiger partial charge >= 0.3 is 0 Å². The number of benzene rings is 1. The number of carbonyl (C=O) groups excluding carboxylic acids is 1. The first-order valence-electron chi connectivity index (χ1n) is 6.56. The molecule has 2 rings (SSSR count). The highest BCUT2D eigenvalue weighted by molar-refractivity contribution is 5.99. The summed E-state index contributed by atoms with van der Waals surface area (Å²) in [5.74, 6) is 0.309. The van der Waals surface area contributed by atoms with Gasteiger partial charge in [-0.25, -0.2) is 4.39 Å². The van der Waals surface area contributed by atoms with Gasteiger partial charge in [0.25, 0.3) is 5.91 Å². The van der Waals surface area contributed by atoms with Crippen LogP contribution in [-0.4, -0.2) is 17.6 Å². The van der Waals surface area contributed by atoms with Gasteiger partial charge in [0, 0.05) is 12.1 Å². The van der Waals surface area contributed by atoms with E-state index in [-0.39, 0.29) is 11.7 Å². The lowest BCUT2D eigenvalue weighted by molar-refractivity contribution is 0.0952. The molecule has 106 valence electrons. The van der Waals surface area contributed by atoms with Crippen LogP contribution in [0.15, 0.2) is 35.0 Å². The zero-order valence-electron chi connectivity index (χ0n) is 11.5. The molecule has 20 heavy (non-hydrogen) atoms. The summed E-state index contributed by atoms with van der Waals surface area (Å²) in [7, 11) is 0. The van der Waals surface area contributed by atoms with Crippen molar-refractivity contribution in [2.45, 2.75) is 20.3 Å². The second-order valence-corrected chi connectivity index (χ2v) is 5.01. The van der Waals surface area contributed by atoms with Crippen molar-refractivity contribution in [1.29, 1.82) is 0 Å². The van der Waals surface area contributed by atoms with Crippen LogP contribution in [0.4, 0.5) is 4.39 Å². The van der Waals surface area contributed by atoms with Gasteiger partial charge < -0.3 is 9.84 Å². The average molecular weight is 276 g/mol. The lowest BCUT2D eigenvalue weighted by atomic mass is 10.1. The molecule has 2 aromatic rings. The molecular weight excluding hydrogens is 259 g/mol. The maximum atomic E-state index is 12.9. The van der Waals surface area contributed by atoms with Gasteiger partial charge in [-0.3, -0.25) is 4.79 Å². The van der Waals surface area contributed by atoms with Crippen molar-refractivity contribution in [1.82, 2.24) is 10.5 Å². The minimum absolute atomic E-state index is 0.230. The van der Waals surface area contributed by atoms with E-state index in [0.717, 1.165) is 6.42 Å². The number of hydrogen-bond acceptors (Lipinski definition) is 3. The first kappa shape index (κ1) is 14.2. The quantitative estimate of drug-likeness (QED) is 0.912. The molecule has 4 nitrogen and oxygen atoms in total. The largest absolute Gasteiger partial charge is 0.355 e. The zero-order valence-corrected chi connectivity index (χ0v) is 11.5. The van der Waals surface area contributed by atoms with Crippen LogP contribution >= 0.6 is 0 Å². The molecule has 1 aromatic carbocycles. The molecule has 1 N–H and O–H groups in total. The number of halogens is 1. The number of nitrogens with one attached hydrogen (secondary N) is 1. The van der Waals surface area contributed by atoms with Gasteiger partial charge in [-0.05, 0) is 36.6 Å². The molecule has 0 atom stereocenters. The van der Waals surface area contributed by atoms with Crippen LogP contribution in [0.5, 0.6) is 0 Å². The molecule has 0 aliphatic rings. The van der Waals surface area contributed by atoms with Gasteiger partial charge in [-0.2, -0.15) is 0 Å². The summed E-state index contributed by atoms with van der Waals surface area (Å²) < 4.78 is 18.0. The Morgan fingerprint density at radius 3 is 2.70 bits per heavy atom. The van der Waals surface area contributed by atoms with Gasteiger partial charge in [0.15, 0.2) is 5.76 Å². The van der Waals surface area contributed by atoms with Crippen molar-refractivity contribution < 1.29 is 13.7 Å². The van der Waals surface area contributed by atoms with Crippen molar-refractivity contribution in [2.24, 2.45) is 5.92 Å². The van der Waals surface area contributed by atoms with E-state index in [1.54, 1.807) is 12.1 Å². The summed E-state index contributed by atoms with van der Waals surface area (Å²) in [4.78, 5) is 12.1. The lowest BCUT2D eigenvalue weighted by Crippen LogP contribution is -2.25. The molecule has 0 saturated heterocycles. The van der Waals surface area contributed by atoms with E-state index >= 15 is 0 Å². The van der Waals surface area contributed by atoms with Crippen LogP contribution in [0, 0.1) is 11.7 Å². The summed E-state index contributed by atoms with van der Waals surface area (Å²) in [5.41, 5.74) is 0.985. The fourth-order valence-electron chi connectivity index (χ4n) is 1.78. The Hall–Kier alpha value is -2.17. The molecule has 1 amide bonds. The number of amides is 1. The molecule has 1 heterocycles. The van der Waals surface area contributed by atoms with E-state index in [1.807, 2.05) is 0 Å². The monoisotopic (exact) mass is 276 g/mol. The fourth-order valence-corrected chi connectivity index (χ4v) is 1.78. The lowest BCUT2D eigenvalue weighted by Gasteiger charge is -2.06. The first-order valence-corrected chi connectivity index (χ1v) is 6.56. The van der Waals surface area contributed by atoms with Gasteiger partial charge in [0.1, 0.15) is 11.4 Å². The third-order valence-electron chi connectivity index (χ3n) is 2.93. The molecule has 0 spiro atoms. The number of aromatic nitrogens is 1. The summed E-state index contributed by atoms with van der Waals surface area (Å²) in [6.07, 6.45) is 2.28. The topological polar surface area (TPSA) is 55.1 Å². The fraction of sp³-hybridized carbons (Fsp3) is 0.333. The molecule has 1 aromatic heterocycles. The van der Waals surface area contributed by atoms with E-state index in [4.69, 9.17) is 4.52 Å². The Labute approximate surface area is 117 Å². The molecule has 0 aliphatic heterocycles. The maximum absolute atomic E-state index is 12.9. The number of nitrogens with zero attached hydrogens (tertiary/aromatic N) is 1. The van der Waals surface area contributed by atoms with Gasteiger partial charge in [0.2, 0.25) is 0 Å². The van der Waals surface area contributed by atoms with E-state index < -0.39 is 0 Å². The Kier molecular flexibility index (Phi) is 4.50. The first-order chi connectivity index (χ1) is 9.58. The van der Waals surface area contributed by atoms with Crippen molar-refractivity contribution in [3.8, 4) is 11.3 Å². The SMILES string of the molecule is CC(C)CCNC(=O)c1cnoc1-c1ccc(F)cc1. The third-order valence-corrected chi connectivity index (χ3v) is 2.93.